The van der Waals surface area contributed by atoms with Crippen LogP contribution in [-0.2, 0) is 6.54 Å². The maximum absolute atomic E-state index is 6.00. The Balaban J connectivity index is 2.05. The normalized spacial score (nSPS) is 10.4. The van der Waals surface area contributed by atoms with E-state index in [0.29, 0.717) is 5.02 Å². The summed E-state index contributed by atoms with van der Waals surface area (Å²) < 4.78 is 0.898. The van der Waals surface area contributed by atoms with E-state index in [1.807, 2.05) is 29.6 Å². The average molecular weight is 318 g/mol. The van der Waals surface area contributed by atoms with Crippen LogP contribution in [0.25, 0.3) is 0 Å². The molecule has 1 aromatic heterocycles. The summed E-state index contributed by atoms with van der Waals surface area (Å²) in [5.41, 5.74) is 7.62. The van der Waals surface area contributed by atoms with Crippen molar-refractivity contribution in [3.63, 3.8) is 0 Å². The minimum Gasteiger partial charge on any atom is -0.398 e. The summed E-state index contributed by atoms with van der Waals surface area (Å²) in [6.45, 7) is 0.724. The Labute approximate surface area is 112 Å². The number of hydrogen-bond donors (Lipinski definition) is 2. The summed E-state index contributed by atoms with van der Waals surface area (Å²) in [6.07, 6.45) is 0. The highest BCUT2D eigenvalue weighted by molar-refractivity contribution is 9.10. The van der Waals surface area contributed by atoms with E-state index in [1.54, 1.807) is 11.3 Å². The van der Waals surface area contributed by atoms with Crippen LogP contribution in [0.1, 0.15) is 4.88 Å². The topological polar surface area (TPSA) is 38.0 Å². The van der Waals surface area contributed by atoms with Gasteiger partial charge in [0.1, 0.15) is 0 Å². The molecule has 0 aliphatic heterocycles. The maximum Gasteiger partial charge on any atom is 0.0568 e. The SMILES string of the molecule is Nc1ccsc1CNc1ccc(Br)c(Cl)c1. The van der Waals surface area contributed by atoms with Crippen LogP contribution in [-0.4, -0.2) is 0 Å². The zero-order valence-electron chi connectivity index (χ0n) is 8.34. The van der Waals surface area contributed by atoms with E-state index in [9.17, 15) is 0 Å². The smallest absolute Gasteiger partial charge is 0.0568 e. The lowest BCUT2D eigenvalue weighted by atomic mass is 10.3. The first-order valence-corrected chi connectivity index (χ1v) is 6.72. The van der Waals surface area contributed by atoms with Crippen molar-refractivity contribution < 1.29 is 0 Å². The van der Waals surface area contributed by atoms with Gasteiger partial charge < -0.3 is 11.1 Å². The molecule has 1 aromatic carbocycles. The molecule has 0 bridgehead atoms. The van der Waals surface area contributed by atoms with Gasteiger partial charge in [0.25, 0.3) is 0 Å². The average Bonchev–Trinajstić information content (AvgIpc) is 2.66. The van der Waals surface area contributed by atoms with Crippen LogP contribution in [0.4, 0.5) is 11.4 Å². The fourth-order valence-corrected chi connectivity index (χ4v) is 2.45. The zero-order chi connectivity index (χ0) is 11.5. The van der Waals surface area contributed by atoms with E-state index in [2.05, 4.69) is 21.2 Å². The summed E-state index contributed by atoms with van der Waals surface area (Å²) in [5, 5.41) is 5.97. The molecule has 0 radical (unpaired) electrons. The van der Waals surface area contributed by atoms with Crippen LogP contribution in [0, 0.1) is 0 Å². The van der Waals surface area contributed by atoms with Gasteiger partial charge in [-0.15, -0.1) is 11.3 Å². The standard InChI is InChI=1S/C11H10BrClN2S/c12-8-2-1-7(5-9(8)13)15-6-11-10(14)3-4-16-11/h1-5,15H,6,14H2. The van der Waals surface area contributed by atoms with Crippen molar-refractivity contribution in [2.75, 3.05) is 11.1 Å². The molecule has 0 aliphatic carbocycles. The van der Waals surface area contributed by atoms with Crippen LogP contribution >= 0.6 is 38.9 Å². The molecule has 5 heteroatoms. The molecular weight excluding hydrogens is 308 g/mol. The summed E-state index contributed by atoms with van der Waals surface area (Å²) in [5.74, 6) is 0. The van der Waals surface area contributed by atoms with Crippen LogP contribution in [0.3, 0.4) is 0 Å². The summed E-state index contributed by atoms with van der Waals surface area (Å²) in [4.78, 5) is 1.14. The highest BCUT2D eigenvalue weighted by atomic mass is 79.9. The quantitative estimate of drug-likeness (QED) is 0.883. The molecule has 0 saturated heterocycles. The highest BCUT2D eigenvalue weighted by Gasteiger charge is 2.02. The molecule has 2 nitrogen and oxygen atoms in total. The number of thiophene rings is 1. The number of benzene rings is 1. The summed E-state index contributed by atoms with van der Waals surface area (Å²) in [7, 11) is 0. The number of nitrogen functional groups attached to an aromatic ring is 1. The second kappa shape index (κ2) is 5.08. The lowest BCUT2D eigenvalue weighted by Crippen LogP contribution is -1.99. The molecule has 3 N–H and O–H groups in total. The van der Waals surface area contributed by atoms with E-state index in [0.717, 1.165) is 27.3 Å². The highest BCUT2D eigenvalue weighted by Crippen LogP contribution is 2.26. The van der Waals surface area contributed by atoms with E-state index in [-0.39, 0.29) is 0 Å². The van der Waals surface area contributed by atoms with Gasteiger partial charge in [0.15, 0.2) is 0 Å². The zero-order valence-corrected chi connectivity index (χ0v) is 11.5. The lowest BCUT2D eigenvalue weighted by Gasteiger charge is -2.06. The van der Waals surface area contributed by atoms with Crippen LogP contribution in [0.5, 0.6) is 0 Å². The van der Waals surface area contributed by atoms with Gasteiger partial charge in [-0.3, -0.25) is 0 Å². The number of hydrogen-bond acceptors (Lipinski definition) is 3. The number of nitrogens with two attached hydrogens (primary N) is 1. The summed E-state index contributed by atoms with van der Waals surface area (Å²) >= 11 is 11.0. The third kappa shape index (κ3) is 2.70. The third-order valence-corrected chi connectivity index (χ3v) is 4.32. The Bertz CT molecular complexity index is 498. The Morgan fingerprint density at radius 1 is 1.38 bits per heavy atom. The molecule has 2 aromatic rings. The molecular formula is C11H10BrClN2S. The Morgan fingerprint density at radius 3 is 2.81 bits per heavy atom. The van der Waals surface area contributed by atoms with E-state index in [1.165, 1.54) is 0 Å². The van der Waals surface area contributed by atoms with Gasteiger partial charge in [-0.2, -0.15) is 0 Å². The molecule has 2 rings (SSSR count). The van der Waals surface area contributed by atoms with Gasteiger partial charge in [-0.05, 0) is 45.6 Å². The van der Waals surface area contributed by atoms with Crippen LogP contribution in [0.15, 0.2) is 34.1 Å². The largest absolute Gasteiger partial charge is 0.398 e. The monoisotopic (exact) mass is 316 g/mol. The van der Waals surface area contributed by atoms with Crippen molar-refractivity contribution >= 4 is 50.2 Å². The number of rotatable bonds is 3. The summed E-state index contributed by atoms with van der Waals surface area (Å²) in [6, 6.07) is 7.69. The number of halogens is 2. The first-order chi connectivity index (χ1) is 7.66. The van der Waals surface area contributed by atoms with Crippen LogP contribution in [0.2, 0.25) is 5.02 Å². The number of anilines is 2. The molecule has 0 amide bonds. The number of nitrogens with one attached hydrogen (secondary N) is 1. The van der Waals surface area contributed by atoms with Crippen LogP contribution < -0.4 is 11.1 Å². The molecule has 0 atom stereocenters. The van der Waals surface area contributed by atoms with Crippen molar-refractivity contribution in [3.8, 4) is 0 Å². The maximum atomic E-state index is 6.00. The fourth-order valence-electron chi connectivity index (χ4n) is 1.28. The molecule has 0 spiro atoms. The Kier molecular flexibility index (Phi) is 3.74. The van der Waals surface area contributed by atoms with Gasteiger partial charge in [0.05, 0.1) is 11.6 Å². The molecule has 0 unspecified atom stereocenters. The molecule has 0 fully saturated rings. The molecule has 16 heavy (non-hydrogen) atoms. The van der Waals surface area contributed by atoms with Crippen molar-refractivity contribution in [2.45, 2.75) is 6.54 Å². The second-order valence-electron chi connectivity index (χ2n) is 3.28. The van der Waals surface area contributed by atoms with Gasteiger partial charge in [-0.25, -0.2) is 0 Å². The first kappa shape index (κ1) is 11.8. The van der Waals surface area contributed by atoms with E-state index in [4.69, 9.17) is 17.3 Å². The molecule has 1 heterocycles. The third-order valence-electron chi connectivity index (χ3n) is 2.15. The van der Waals surface area contributed by atoms with Crippen molar-refractivity contribution in [1.82, 2.24) is 0 Å². The predicted molar refractivity (Wildman–Crippen MR) is 75.2 cm³/mol. The van der Waals surface area contributed by atoms with Crippen molar-refractivity contribution in [1.29, 1.82) is 0 Å². The molecule has 0 saturated carbocycles. The molecule has 0 aliphatic rings. The Morgan fingerprint density at radius 2 is 2.19 bits per heavy atom. The minimum absolute atomic E-state index is 0.698. The Hall–Kier alpha value is -0.710. The van der Waals surface area contributed by atoms with Gasteiger partial charge in [0, 0.05) is 20.7 Å². The second-order valence-corrected chi connectivity index (χ2v) is 5.54. The minimum atomic E-state index is 0.698. The lowest BCUT2D eigenvalue weighted by molar-refractivity contribution is 1.19. The van der Waals surface area contributed by atoms with Gasteiger partial charge in [-0.1, -0.05) is 11.6 Å². The fraction of sp³-hybridized carbons (Fsp3) is 0.0909. The van der Waals surface area contributed by atoms with E-state index >= 15 is 0 Å². The van der Waals surface area contributed by atoms with E-state index < -0.39 is 0 Å². The van der Waals surface area contributed by atoms with Gasteiger partial charge >= 0.3 is 0 Å². The van der Waals surface area contributed by atoms with Crippen molar-refractivity contribution in [3.05, 3.63) is 44.0 Å². The van der Waals surface area contributed by atoms with Crippen molar-refractivity contribution in [2.24, 2.45) is 0 Å². The van der Waals surface area contributed by atoms with Gasteiger partial charge in [0.2, 0.25) is 0 Å². The first-order valence-electron chi connectivity index (χ1n) is 4.67. The molecule has 84 valence electrons. The predicted octanol–water partition coefficient (Wildman–Crippen LogP) is 4.36.